The average molecular weight is 2050 g/mol. The van der Waals surface area contributed by atoms with E-state index in [1.807, 2.05) is 158 Å². The summed E-state index contributed by atoms with van der Waals surface area (Å²) in [4.78, 5) is 104. The van der Waals surface area contributed by atoms with Gasteiger partial charge in [-0.25, -0.2) is 43.2 Å². The second-order valence-electron chi connectivity index (χ2n) is 34.3. The van der Waals surface area contributed by atoms with Crippen molar-refractivity contribution in [1.29, 1.82) is 0 Å². The fraction of sp³-hybridized carbons (Fsp3) is 0.391. The van der Waals surface area contributed by atoms with Crippen molar-refractivity contribution in [2.45, 2.75) is 172 Å². The molecule has 33 nitrogen and oxygen atoms in total. The third kappa shape index (κ3) is 48.6. The number of carbonyl (C=O) groups excluding carboxylic acids is 9. The minimum Gasteiger partial charge on any atom is -0.460 e. The summed E-state index contributed by atoms with van der Waals surface area (Å²) in [6.07, 6.45) is 2.92. The highest BCUT2D eigenvalue weighted by atomic mass is 35.5. The largest absolute Gasteiger partial charge is 0.460 e. The van der Waals surface area contributed by atoms with Gasteiger partial charge in [0.05, 0.1) is 29.7 Å². The van der Waals surface area contributed by atoms with E-state index < -0.39 is 67.4 Å². The van der Waals surface area contributed by atoms with Crippen LogP contribution in [0, 0.1) is 41.5 Å². The van der Waals surface area contributed by atoms with Gasteiger partial charge in [0.25, 0.3) is 0 Å². The molecule has 9 N–H and O–H groups in total. The van der Waals surface area contributed by atoms with Crippen molar-refractivity contribution >= 4 is 89.4 Å². The summed E-state index contributed by atoms with van der Waals surface area (Å²) < 4.78 is 66.7. The molecule has 0 spiro atoms. The zero-order chi connectivity index (χ0) is 109. The number of anilines is 2. The Hall–Kier alpha value is -14.3. The number of nitrogens with one attached hydrogen (secondary N) is 9. The molecule has 2 unspecified atom stereocenters. The van der Waals surface area contributed by atoms with E-state index in [4.69, 9.17) is 84.8 Å². The number of hydrogen-bond acceptors (Lipinski definition) is 24. The number of alkyl halides is 1. The standard InChI is InChI=1S/C16H22N2O2.C16H25NO2.2C13H19NO2.C11H14ClNO4.C11H16N2O2.C11H13NO4.C10H12ClNO2.C9H11NO2/c1-6-8-18(9-7-2)15-12(3)10-14(11-13(15)4)20-16(19)17-5;1-15(2,3)11-8-12(16(4,5)6)10-13(9-11)19-14(18)17-7;1-4-6-10(2)11-7-5-8-12(9-11)16-13(15)14-3;1-4-10(5-2)11-7-6-8-12(9-11)16-13(15)14-3;1-13-11(14)17-9-6-4-3-5-8(9)16-10(7-12)15-2;1-8-7-9(15-11(14)12-2)5-6-10(8)13(3)4;1-12-11(13)16-9-5-3-2-4-8(9)10-14-6-7-15-10;1-6-4-8(11)9(5-7(6)2)14-10(13)12-3;1-7-4-3-5-8(6-7)12-9(11)10-2/h6-7,10-11H,1-2,8-9H2,3-5H3,(H,17,19);8-10H,1-7H3,(H,17,18);5,7-10H,4,6H2,1-3H3,(H,14,15);6-10H,4-5H2,1-3H3,(H,14,15);3-6,10H,7H2,1-2H3,(H,13,14);5-7H,1-4H3,(H,12,14);2-5,10H,6-7H2,1H3,(H,12,13);4-5H,1-3H3,(H,12,13);3-6H,1-2H3,(H,10,11). The highest BCUT2D eigenvalue weighted by molar-refractivity contribution is 6.32. The molecule has 1 aliphatic heterocycles. The van der Waals surface area contributed by atoms with Gasteiger partial charge in [0.2, 0.25) is 6.29 Å². The van der Waals surface area contributed by atoms with E-state index in [-0.39, 0.29) is 16.7 Å². The van der Waals surface area contributed by atoms with Gasteiger partial charge < -0.3 is 119 Å². The van der Waals surface area contributed by atoms with E-state index in [1.54, 1.807) is 100 Å². The van der Waals surface area contributed by atoms with Gasteiger partial charge in [-0.3, -0.25) is 0 Å². The molecular weight excluding hydrogens is 1900 g/mol. The van der Waals surface area contributed by atoms with Gasteiger partial charge >= 0.3 is 54.8 Å². The highest BCUT2D eigenvalue weighted by Gasteiger charge is 2.26. The minimum absolute atomic E-state index is 0.0159. The van der Waals surface area contributed by atoms with Gasteiger partial charge in [-0.05, 0) is 248 Å². The van der Waals surface area contributed by atoms with Crippen molar-refractivity contribution in [1.82, 2.24) is 47.9 Å². The van der Waals surface area contributed by atoms with Crippen molar-refractivity contribution in [2.24, 2.45) is 0 Å². The third-order valence-corrected chi connectivity index (χ3v) is 21.3. The SMILES string of the molecule is C=CCN(CC=C)c1c(C)cc(OC(=O)NC)cc1C.CCC(CC)c1cccc(OC(=O)NC)c1.CCCC(C)c1cccc(OC(=O)NC)c1.CNC(=O)Oc1cc(C(C)(C)C)cc(C(C)(C)C)c1.CNC(=O)Oc1cc(C)c(C)cc1Cl.CNC(=O)Oc1ccc(N(C)C)c(C)c1.CNC(=O)Oc1cccc(C)c1.CNC(=O)Oc1ccccc1C1OCCO1.CNC(=O)Oc1ccccc1OC(CCl)OC. The van der Waals surface area contributed by atoms with Gasteiger partial charge in [-0.1, -0.05) is 172 Å². The van der Waals surface area contributed by atoms with Crippen molar-refractivity contribution in [3.63, 3.8) is 0 Å². The van der Waals surface area contributed by atoms with Crippen LogP contribution in [0.2, 0.25) is 5.02 Å². The number of nitrogens with zero attached hydrogens (tertiary/aromatic N) is 2. The van der Waals surface area contributed by atoms with E-state index in [9.17, 15) is 43.2 Å². The van der Waals surface area contributed by atoms with Gasteiger partial charge in [0, 0.05) is 109 Å². The molecular formula is C110H151Cl2N11O22. The molecule has 35 heteroatoms. The Morgan fingerprint density at radius 1 is 0.421 bits per heavy atom. The Labute approximate surface area is 866 Å². The summed E-state index contributed by atoms with van der Waals surface area (Å²) >= 11 is 11.5. The molecule has 9 aromatic carbocycles. The Bertz CT molecular complexity index is 5480. The van der Waals surface area contributed by atoms with Gasteiger partial charge in [0.1, 0.15) is 40.2 Å². The molecule has 2 atom stereocenters. The molecule has 9 aromatic rings. The number of carbonyl (C=O) groups is 9. The lowest BCUT2D eigenvalue weighted by atomic mass is 9.80. The monoisotopic (exact) mass is 2050 g/mol. The van der Waals surface area contributed by atoms with Crippen LogP contribution < -0.4 is 105 Å². The first-order valence-electron chi connectivity index (χ1n) is 47.1. The number of rotatable bonds is 26. The van der Waals surface area contributed by atoms with E-state index in [2.05, 4.69) is 153 Å². The van der Waals surface area contributed by atoms with Gasteiger partial charge in [-0.15, -0.1) is 24.8 Å². The van der Waals surface area contributed by atoms with Crippen LogP contribution in [0.4, 0.5) is 54.5 Å². The van der Waals surface area contributed by atoms with E-state index in [1.165, 1.54) is 71.6 Å². The number of ether oxygens (including phenoxy) is 13. The maximum atomic E-state index is 11.4. The summed E-state index contributed by atoms with van der Waals surface area (Å²) in [6.45, 7) is 43.5. The van der Waals surface area contributed by atoms with Crippen molar-refractivity contribution in [2.75, 3.05) is 127 Å². The van der Waals surface area contributed by atoms with Crippen molar-refractivity contribution in [3.05, 3.63) is 274 Å². The molecule has 145 heavy (non-hydrogen) atoms. The first-order chi connectivity index (χ1) is 68.8. The van der Waals surface area contributed by atoms with Crippen LogP contribution in [0.3, 0.4) is 0 Å². The van der Waals surface area contributed by atoms with E-state index >= 15 is 0 Å². The number of amides is 9. The maximum absolute atomic E-state index is 11.4. The molecule has 9 amide bonds. The quantitative estimate of drug-likeness (QED) is 0.0138. The fourth-order valence-electron chi connectivity index (χ4n) is 13.0. The number of aryl methyl sites for hydroxylation is 6. The molecule has 1 saturated heterocycles. The molecule has 1 aliphatic rings. The average Bonchev–Trinajstić information content (AvgIpc) is 0.941. The van der Waals surface area contributed by atoms with Gasteiger partial charge in [-0.2, -0.15) is 0 Å². The zero-order valence-electron chi connectivity index (χ0n) is 89.2. The van der Waals surface area contributed by atoms with Crippen LogP contribution in [0.25, 0.3) is 0 Å². The van der Waals surface area contributed by atoms with Crippen LogP contribution in [0.5, 0.6) is 57.5 Å². The molecule has 0 saturated carbocycles. The highest BCUT2D eigenvalue weighted by Crippen LogP contribution is 2.37. The smallest absolute Gasteiger partial charge is 0.412 e. The van der Waals surface area contributed by atoms with Crippen LogP contribution in [-0.4, -0.2) is 178 Å². The van der Waals surface area contributed by atoms with Crippen LogP contribution in [0.15, 0.2) is 207 Å². The molecule has 10 rings (SSSR count). The third-order valence-electron chi connectivity index (χ3n) is 20.8. The number of methoxy groups -OCH3 is 1. The van der Waals surface area contributed by atoms with Gasteiger partial charge in [0.15, 0.2) is 23.5 Å². The molecule has 0 aromatic heterocycles. The Balaban J connectivity index is 0.000000553. The molecule has 0 radical (unpaired) electrons. The second-order valence-corrected chi connectivity index (χ2v) is 35.0. The van der Waals surface area contributed by atoms with E-state index in [0.29, 0.717) is 87.6 Å². The summed E-state index contributed by atoms with van der Waals surface area (Å²) in [5.74, 6) is 6.19. The number of para-hydroxylation sites is 3. The lowest BCUT2D eigenvalue weighted by molar-refractivity contribution is -0.0452. The maximum Gasteiger partial charge on any atom is 0.412 e. The summed E-state index contributed by atoms with van der Waals surface area (Å²) in [5.41, 5.74) is 14.1. The number of benzene rings is 9. The minimum atomic E-state index is -0.592. The van der Waals surface area contributed by atoms with Crippen LogP contribution >= 0.6 is 23.2 Å². The molecule has 1 heterocycles. The Morgan fingerprint density at radius 3 is 1.20 bits per heavy atom. The molecule has 1 fully saturated rings. The first-order valence-corrected chi connectivity index (χ1v) is 48.0. The van der Waals surface area contributed by atoms with Crippen LogP contribution in [0.1, 0.15) is 174 Å². The first kappa shape index (κ1) is 127. The molecule has 0 bridgehead atoms. The summed E-state index contributed by atoms with van der Waals surface area (Å²) in [5, 5.41) is 22.1. The lowest BCUT2D eigenvalue weighted by Crippen LogP contribution is -2.25. The van der Waals surface area contributed by atoms with Crippen LogP contribution in [-0.2, 0) is 25.0 Å². The predicted molar refractivity (Wildman–Crippen MR) is 575 cm³/mol. The molecule has 0 aliphatic carbocycles. The fourth-order valence-corrected chi connectivity index (χ4v) is 13.4. The lowest BCUT2D eigenvalue weighted by Gasteiger charge is -2.26. The second kappa shape index (κ2) is 68.1. The van der Waals surface area contributed by atoms with Crippen molar-refractivity contribution < 1.29 is 105 Å². The zero-order valence-corrected chi connectivity index (χ0v) is 90.7. The summed E-state index contributed by atoms with van der Waals surface area (Å²) in [7, 11) is 19.2. The number of halogens is 2. The predicted octanol–water partition coefficient (Wildman–Crippen LogP) is 23.4. The number of hydrogen-bond donors (Lipinski definition) is 9. The van der Waals surface area contributed by atoms with Crippen molar-refractivity contribution in [3.8, 4) is 57.5 Å². The molecule has 792 valence electrons. The van der Waals surface area contributed by atoms with E-state index in [0.717, 1.165) is 89.1 Å². The normalized spacial score (nSPS) is 11.2. The Kier molecular flexibility index (Phi) is 59.5. The summed E-state index contributed by atoms with van der Waals surface area (Å²) in [6, 6.07) is 55.5. The topological polar surface area (TPSA) is 388 Å². The Morgan fingerprint density at radius 2 is 0.793 bits per heavy atom.